The van der Waals surface area contributed by atoms with E-state index in [-0.39, 0.29) is 44.6 Å². The highest BCUT2D eigenvalue weighted by molar-refractivity contribution is 5.99. The molecule has 4 amide bonds. The Labute approximate surface area is 215 Å². The molecular formula is C26H34N4O7. The normalized spacial score (nSPS) is 20.8. The van der Waals surface area contributed by atoms with E-state index in [0.717, 1.165) is 5.01 Å². The third-order valence-corrected chi connectivity index (χ3v) is 6.08. The summed E-state index contributed by atoms with van der Waals surface area (Å²) in [5.74, 6) is -2.45. The van der Waals surface area contributed by atoms with E-state index in [0.29, 0.717) is 18.3 Å². The summed E-state index contributed by atoms with van der Waals surface area (Å²) in [6.45, 7) is 5.46. The number of hydrazine groups is 1. The number of hydrogen-bond donors (Lipinski definition) is 2. The van der Waals surface area contributed by atoms with Crippen molar-refractivity contribution in [3.63, 3.8) is 0 Å². The summed E-state index contributed by atoms with van der Waals surface area (Å²) in [4.78, 5) is 75.9. The smallest absolute Gasteiger partial charge is 0.306 e. The van der Waals surface area contributed by atoms with Gasteiger partial charge in [0.1, 0.15) is 24.0 Å². The number of benzene rings is 1. The van der Waals surface area contributed by atoms with Crippen molar-refractivity contribution in [2.75, 3.05) is 6.54 Å². The second-order valence-corrected chi connectivity index (χ2v) is 10.2. The van der Waals surface area contributed by atoms with Gasteiger partial charge in [-0.2, -0.15) is 0 Å². The Bertz CT molecular complexity index is 1040. The number of hydrogen-bond acceptors (Lipinski definition) is 7. The molecule has 2 aliphatic heterocycles. The van der Waals surface area contributed by atoms with Crippen LogP contribution in [-0.2, 0) is 28.7 Å². The number of amides is 4. The van der Waals surface area contributed by atoms with E-state index in [1.807, 2.05) is 0 Å². The maximum absolute atomic E-state index is 13.5. The Balaban J connectivity index is 1.71. The molecule has 11 nitrogen and oxygen atoms in total. The molecule has 200 valence electrons. The quantitative estimate of drug-likeness (QED) is 0.391. The standard InChI is InChI=1S/C26H34N4O7/c1-26(2,3)37-22(33)14-11-18(16-31)27-24(35)20-10-7-15-29-21(32)13-12-19(25(36)30(20)29)28-23(34)17-8-5-4-6-9-17/h4-6,8-9,16,18-20H,7,10-15H2,1-3H3,(H,27,35)(H,28,34)/t18-,19+,20+/m1/s1. The van der Waals surface area contributed by atoms with Crippen molar-refractivity contribution >= 4 is 35.9 Å². The van der Waals surface area contributed by atoms with Crippen molar-refractivity contribution in [2.45, 2.75) is 83.0 Å². The van der Waals surface area contributed by atoms with Gasteiger partial charge in [-0.05, 0) is 58.6 Å². The number of esters is 1. The SMILES string of the molecule is CC(C)(C)OC(=O)CC[C@H](C=O)NC(=O)[C@@H]1CCCN2C(=O)CC[C@H](NC(=O)c3ccccc3)C(=O)N12. The highest BCUT2D eigenvalue weighted by Gasteiger charge is 2.44. The molecule has 0 saturated carbocycles. The van der Waals surface area contributed by atoms with Gasteiger partial charge in [-0.25, -0.2) is 5.01 Å². The topological polar surface area (TPSA) is 142 Å². The van der Waals surface area contributed by atoms with Gasteiger partial charge in [0.05, 0.1) is 6.04 Å². The van der Waals surface area contributed by atoms with E-state index in [4.69, 9.17) is 4.74 Å². The molecule has 1 aromatic rings. The fourth-order valence-electron chi connectivity index (χ4n) is 4.36. The third-order valence-electron chi connectivity index (χ3n) is 6.08. The minimum Gasteiger partial charge on any atom is -0.460 e. The second-order valence-electron chi connectivity index (χ2n) is 10.2. The van der Waals surface area contributed by atoms with Crippen molar-refractivity contribution in [1.82, 2.24) is 20.7 Å². The van der Waals surface area contributed by atoms with Crippen LogP contribution in [0.15, 0.2) is 30.3 Å². The molecule has 2 saturated heterocycles. The Morgan fingerprint density at radius 1 is 1.14 bits per heavy atom. The van der Waals surface area contributed by atoms with Crippen LogP contribution in [-0.4, -0.2) is 76.2 Å². The molecule has 2 N–H and O–H groups in total. The highest BCUT2D eigenvalue weighted by Crippen LogP contribution is 2.25. The van der Waals surface area contributed by atoms with E-state index < -0.39 is 47.4 Å². The van der Waals surface area contributed by atoms with Gasteiger partial charge >= 0.3 is 5.97 Å². The fraction of sp³-hybridized carbons (Fsp3) is 0.538. The van der Waals surface area contributed by atoms with Gasteiger partial charge in [-0.1, -0.05) is 18.2 Å². The van der Waals surface area contributed by atoms with Crippen molar-refractivity contribution in [2.24, 2.45) is 0 Å². The van der Waals surface area contributed by atoms with Gasteiger partial charge in [-0.3, -0.25) is 29.0 Å². The average Bonchev–Trinajstić information content (AvgIpc) is 2.98. The minimum absolute atomic E-state index is 0.0309. The van der Waals surface area contributed by atoms with Gasteiger partial charge in [-0.15, -0.1) is 0 Å². The molecular weight excluding hydrogens is 480 g/mol. The van der Waals surface area contributed by atoms with Gasteiger partial charge in [0.2, 0.25) is 11.8 Å². The molecule has 11 heteroatoms. The molecule has 0 unspecified atom stereocenters. The molecule has 2 aliphatic rings. The first kappa shape index (κ1) is 27.8. The van der Waals surface area contributed by atoms with Gasteiger partial charge < -0.3 is 20.2 Å². The number of carbonyl (C=O) groups excluding carboxylic acids is 6. The lowest BCUT2D eigenvalue weighted by molar-refractivity contribution is -0.176. The molecule has 1 aromatic carbocycles. The summed E-state index contributed by atoms with van der Waals surface area (Å²) >= 11 is 0. The molecule has 0 aliphatic carbocycles. The highest BCUT2D eigenvalue weighted by atomic mass is 16.6. The summed E-state index contributed by atoms with van der Waals surface area (Å²) < 4.78 is 5.24. The van der Waals surface area contributed by atoms with Crippen LogP contribution in [0.5, 0.6) is 0 Å². The van der Waals surface area contributed by atoms with E-state index in [1.165, 1.54) is 5.01 Å². The van der Waals surface area contributed by atoms with Gasteiger partial charge in [0.15, 0.2) is 0 Å². The monoisotopic (exact) mass is 514 g/mol. The van der Waals surface area contributed by atoms with Crippen molar-refractivity contribution in [3.8, 4) is 0 Å². The second kappa shape index (κ2) is 12.0. The summed E-state index contributed by atoms with van der Waals surface area (Å²) in [7, 11) is 0. The molecule has 37 heavy (non-hydrogen) atoms. The van der Waals surface area contributed by atoms with E-state index in [2.05, 4.69) is 10.6 Å². The minimum atomic E-state index is -1.04. The maximum atomic E-state index is 13.5. The van der Waals surface area contributed by atoms with Crippen LogP contribution in [0.3, 0.4) is 0 Å². The molecule has 2 heterocycles. The average molecular weight is 515 g/mol. The zero-order valence-corrected chi connectivity index (χ0v) is 21.4. The molecule has 0 spiro atoms. The van der Waals surface area contributed by atoms with Gasteiger partial charge in [0, 0.05) is 24.9 Å². The van der Waals surface area contributed by atoms with Crippen molar-refractivity contribution < 1.29 is 33.5 Å². The van der Waals surface area contributed by atoms with Crippen LogP contribution >= 0.6 is 0 Å². The first-order valence-corrected chi connectivity index (χ1v) is 12.5. The summed E-state index contributed by atoms with van der Waals surface area (Å²) in [5, 5.41) is 7.67. The van der Waals surface area contributed by atoms with Crippen LogP contribution in [0.25, 0.3) is 0 Å². The van der Waals surface area contributed by atoms with Crippen molar-refractivity contribution in [3.05, 3.63) is 35.9 Å². The lowest BCUT2D eigenvalue weighted by atomic mass is 10.0. The Morgan fingerprint density at radius 3 is 2.49 bits per heavy atom. The zero-order valence-electron chi connectivity index (χ0n) is 21.4. The van der Waals surface area contributed by atoms with Crippen LogP contribution in [0.1, 0.15) is 69.7 Å². The maximum Gasteiger partial charge on any atom is 0.306 e. The van der Waals surface area contributed by atoms with Crippen LogP contribution in [0.4, 0.5) is 0 Å². The van der Waals surface area contributed by atoms with E-state index >= 15 is 0 Å². The summed E-state index contributed by atoms with van der Waals surface area (Å²) in [5.41, 5.74) is -0.302. The third kappa shape index (κ3) is 7.37. The van der Waals surface area contributed by atoms with E-state index in [1.54, 1.807) is 51.1 Å². The number of carbonyl (C=O) groups is 6. The number of ether oxygens (including phenoxy) is 1. The Kier molecular flexibility index (Phi) is 9.01. The molecule has 0 radical (unpaired) electrons. The zero-order chi connectivity index (χ0) is 27.2. The van der Waals surface area contributed by atoms with Gasteiger partial charge in [0.25, 0.3) is 11.8 Å². The Morgan fingerprint density at radius 2 is 1.84 bits per heavy atom. The predicted molar refractivity (Wildman–Crippen MR) is 132 cm³/mol. The van der Waals surface area contributed by atoms with E-state index in [9.17, 15) is 28.8 Å². The van der Waals surface area contributed by atoms with Crippen LogP contribution < -0.4 is 10.6 Å². The summed E-state index contributed by atoms with van der Waals surface area (Å²) in [6.07, 6.45) is 1.38. The van der Waals surface area contributed by atoms with Crippen molar-refractivity contribution in [1.29, 1.82) is 0 Å². The number of nitrogens with one attached hydrogen (secondary N) is 2. The summed E-state index contributed by atoms with van der Waals surface area (Å²) in [6, 6.07) is 5.39. The number of rotatable bonds is 8. The van der Waals surface area contributed by atoms with Crippen LogP contribution in [0.2, 0.25) is 0 Å². The molecule has 2 fully saturated rings. The number of fused-ring (bicyclic) bond motifs is 1. The van der Waals surface area contributed by atoms with Crippen LogP contribution in [0, 0.1) is 0 Å². The molecule has 0 bridgehead atoms. The lowest BCUT2D eigenvalue weighted by Crippen LogP contribution is -2.64. The fourth-order valence-corrected chi connectivity index (χ4v) is 4.36. The largest absolute Gasteiger partial charge is 0.460 e. The molecule has 3 rings (SSSR count). The molecule has 3 atom stereocenters. The predicted octanol–water partition coefficient (Wildman–Crippen LogP) is 1.12. The molecule has 0 aromatic heterocycles. The number of nitrogens with zero attached hydrogens (tertiary/aromatic N) is 2. The number of aldehydes is 1. The first-order chi connectivity index (χ1) is 17.5. The first-order valence-electron chi connectivity index (χ1n) is 12.5. The Hall–Kier alpha value is -3.76. The lowest BCUT2D eigenvalue weighted by Gasteiger charge is -2.43.